The van der Waals surface area contributed by atoms with E-state index < -0.39 is 17.5 Å². The van der Waals surface area contributed by atoms with E-state index in [2.05, 4.69) is 10.4 Å². The van der Waals surface area contributed by atoms with Crippen molar-refractivity contribution in [2.45, 2.75) is 13.5 Å². The molecule has 146 valence electrons. The lowest BCUT2D eigenvalue weighted by Crippen LogP contribution is -2.17. The van der Waals surface area contributed by atoms with Crippen LogP contribution in [0.1, 0.15) is 17.3 Å². The normalized spacial score (nSPS) is 11.0. The molecule has 1 amide bonds. The van der Waals surface area contributed by atoms with Crippen molar-refractivity contribution in [3.63, 3.8) is 0 Å². The van der Waals surface area contributed by atoms with Crippen molar-refractivity contribution in [3.05, 3.63) is 88.5 Å². The van der Waals surface area contributed by atoms with E-state index in [0.717, 1.165) is 12.1 Å². The fourth-order valence-electron chi connectivity index (χ4n) is 3.03. The molecule has 2 aliphatic rings. The SMILES string of the molecule is CCn1cc(C(=O)Nc2ccc(F)c(F)c2)c2nn(-c3ccccc3)c(=O)c-2c1. The van der Waals surface area contributed by atoms with E-state index in [1.54, 1.807) is 41.2 Å². The number of carbonyl (C=O) groups is 1. The zero-order valence-corrected chi connectivity index (χ0v) is 15.4. The molecule has 0 radical (unpaired) electrons. The number of anilines is 1. The molecule has 0 unspecified atom stereocenters. The van der Waals surface area contributed by atoms with Crippen LogP contribution in [-0.4, -0.2) is 20.3 Å². The fourth-order valence-corrected chi connectivity index (χ4v) is 3.03. The highest BCUT2D eigenvalue weighted by Crippen LogP contribution is 2.24. The van der Waals surface area contributed by atoms with Crippen molar-refractivity contribution in [3.8, 4) is 16.9 Å². The molecule has 0 saturated heterocycles. The highest BCUT2D eigenvalue weighted by Gasteiger charge is 2.24. The second kappa shape index (κ2) is 7.31. The Labute approximate surface area is 164 Å². The molecule has 6 nitrogen and oxygen atoms in total. The van der Waals surface area contributed by atoms with Crippen LogP contribution < -0.4 is 10.9 Å². The lowest BCUT2D eigenvalue weighted by atomic mass is 10.1. The predicted octanol–water partition coefficient (Wildman–Crippen LogP) is 3.69. The number of para-hydroxylation sites is 1. The number of benzene rings is 2. The monoisotopic (exact) mass is 394 g/mol. The first-order chi connectivity index (χ1) is 14.0. The number of pyridine rings is 1. The van der Waals surface area contributed by atoms with Gasteiger partial charge in [-0.15, -0.1) is 0 Å². The van der Waals surface area contributed by atoms with E-state index in [4.69, 9.17) is 0 Å². The molecule has 0 saturated carbocycles. The summed E-state index contributed by atoms with van der Waals surface area (Å²) in [6, 6.07) is 11.9. The zero-order valence-electron chi connectivity index (χ0n) is 15.4. The fraction of sp³-hybridized carbons (Fsp3) is 0.0952. The average Bonchev–Trinajstić information content (AvgIpc) is 3.07. The molecule has 29 heavy (non-hydrogen) atoms. The van der Waals surface area contributed by atoms with Gasteiger partial charge in [-0.05, 0) is 31.2 Å². The molecule has 4 rings (SSSR count). The average molecular weight is 394 g/mol. The van der Waals surface area contributed by atoms with Gasteiger partial charge < -0.3 is 9.88 Å². The number of nitrogens with one attached hydrogen (secondary N) is 1. The molecule has 2 heterocycles. The summed E-state index contributed by atoms with van der Waals surface area (Å²) >= 11 is 0. The summed E-state index contributed by atoms with van der Waals surface area (Å²) in [6.07, 6.45) is 3.21. The number of nitrogens with zero attached hydrogens (tertiary/aromatic N) is 3. The van der Waals surface area contributed by atoms with Crippen LogP contribution in [0.5, 0.6) is 0 Å². The topological polar surface area (TPSA) is 68.9 Å². The van der Waals surface area contributed by atoms with Crippen LogP contribution >= 0.6 is 0 Å². The van der Waals surface area contributed by atoms with Crippen LogP contribution in [0.4, 0.5) is 14.5 Å². The minimum absolute atomic E-state index is 0.0961. The summed E-state index contributed by atoms with van der Waals surface area (Å²) < 4.78 is 29.5. The zero-order chi connectivity index (χ0) is 20.5. The number of aromatic nitrogens is 3. The van der Waals surface area contributed by atoms with E-state index in [0.29, 0.717) is 12.2 Å². The van der Waals surface area contributed by atoms with Crippen LogP contribution in [-0.2, 0) is 6.54 Å². The highest BCUT2D eigenvalue weighted by atomic mass is 19.2. The Morgan fingerprint density at radius 3 is 2.52 bits per heavy atom. The number of carbonyl (C=O) groups excluding carboxylic acids is 1. The Morgan fingerprint density at radius 1 is 1.07 bits per heavy atom. The van der Waals surface area contributed by atoms with E-state index >= 15 is 0 Å². The van der Waals surface area contributed by atoms with E-state index in [-0.39, 0.29) is 28.1 Å². The third-order valence-electron chi connectivity index (χ3n) is 4.51. The number of rotatable bonds is 4. The van der Waals surface area contributed by atoms with Gasteiger partial charge in [-0.25, -0.2) is 8.78 Å². The first-order valence-electron chi connectivity index (χ1n) is 8.92. The van der Waals surface area contributed by atoms with Gasteiger partial charge in [-0.1, -0.05) is 18.2 Å². The standard InChI is InChI=1S/C21H16F2N4O2/c1-2-26-11-15(20(28)24-13-8-9-17(22)18(23)10-13)19-16(12-26)21(29)27(25-19)14-6-4-3-5-7-14/h3-12H,2H2,1H3,(H,24,28). The van der Waals surface area contributed by atoms with Gasteiger partial charge in [0.05, 0.1) is 16.8 Å². The maximum Gasteiger partial charge on any atom is 0.282 e. The van der Waals surface area contributed by atoms with Crippen molar-refractivity contribution in [2.75, 3.05) is 5.32 Å². The summed E-state index contributed by atoms with van der Waals surface area (Å²) in [5.74, 6) is -2.66. The van der Waals surface area contributed by atoms with Gasteiger partial charge in [0, 0.05) is 30.7 Å². The number of amides is 1. The second-order valence-corrected chi connectivity index (χ2v) is 6.40. The number of aryl methyl sites for hydroxylation is 1. The Hall–Kier alpha value is -3.81. The molecule has 0 bridgehead atoms. The van der Waals surface area contributed by atoms with Gasteiger partial charge >= 0.3 is 0 Å². The minimum atomic E-state index is -1.07. The van der Waals surface area contributed by atoms with Crippen LogP contribution in [0.25, 0.3) is 16.9 Å². The maximum atomic E-state index is 13.5. The van der Waals surface area contributed by atoms with Crippen molar-refractivity contribution in [1.29, 1.82) is 0 Å². The maximum absolute atomic E-state index is 13.5. The van der Waals surface area contributed by atoms with Crippen LogP contribution in [0.15, 0.2) is 65.7 Å². The largest absolute Gasteiger partial charge is 0.353 e. The van der Waals surface area contributed by atoms with Gasteiger partial charge in [0.15, 0.2) is 11.6 Å². The molecule has 0 spiro atoms. The number of hydrogen-bond donors (Lipinski definition) is 1. The Bertz CT molecular complexity index is 1230. The molecule has 8 heteroatoms. The van der Waals surface area contributed by atoms with E-state index in [1.807, 2.05) is 13.0 Å². The molecular formula is C21H16F2N4O2. The van der Waals surface area contributed by atoms with Crippen LogP contribution in [0.2, 0.25) is 0 Å². The number of halogens is 2. The van der Waals surface area contributed by atoms with Crippen LogP contribution in [0, 0.1) is 11.6 Å². The van der Waals surface area contributed by atoms with Crippen LogP contribution in [0.3, 0.4) is 0 Å². The van der Waals surface area contributed by atoms with Gasteiger partial charge in [0.2, 0.25) is 0 Å². The van der Waals surface area contributed by atoms with Crippen molar-refractivity contribution in [1.82, 2.24) is 14.3 Å². The summed E-state index contributed by atoms with van der Waals surface area (Å²) in [5, 5.41) is 6.88. The first-order valence-corrected chi connectivity index (χ1v) is 8.92. The molecule has 0 atom stereocenters. The predicted molar refractivity (Wildman–Crippen MR) is 104 cm³/mol. The second-order valence-electron chi connectivity index (χ2n) is 6.40. The summed E-state index contributed by atoms with van der Waals surface area (Å²) in [6.45, 7) is 2.40. The summed E-state index contributed by atoms with van der Waals surface area (Å²) in [5.41, 5.74) is 0.983. The third-order valence-corrected chi connectivity index (χ3v) is 4.51. The molecular weight excluding hydrogens is 378 g/mol. The molecule has 2 aromatic carbocycles. The van der Waals surface area contributed by atoms with Gasteiger partial charge in [0.25, 0.3) is 11.5 Å². The number of hydrogen-bond acceptors (Lipinski definition) is 3. The lowest BCUT2D eigenvalue weighted by Gasteiger charge is -2.11. The highest BCUT2D eigenvalue weighted by molar-refractivity contribution is 6.08. The van der Waals surface area contributed by atoms with Crippen molar-refractivity contribution in [2.24, 2.45) is 0 Å². The summed E-state index contributed by atoms with van der Waals surface area (Å²) in [7, 11) is 0. The molecule has 0 fully saturated rings. The van der Waals surface area contributed by atoms with E-state index in [9.17, 15) is 18.4 Å². The molecule has 0 aliphatic carbocycles. The minimum Gasteiger partial charge on any atom is -0.353 e. The van der Waals surface area contributed by atoms with Gasteiger partial charge in [-0.2, -0.15) is 9.78 Å². The Kier molecular flexibility index (Phi) is 4.67. The summed E-state index contributed by atoms with van der Waals surface area (Å²) in [4.78, 5) is 25.7. The number of fused-ring (bicyclic) bond motifs is 1. The van der Waals surface area contributed by atoms with Crippen molar-refractivity contribution < 1.29 is 13.6 Å². The molecule has 2 aromatic rings. The lowest BCUT2D eigenvalue weighted by molar-refractivity contribution is 0.102. The van der Waals surface area contributed by atoms with E-state index in [1.165, 1.54) is 10.7 Å². The third kappa shape index (κ3) is 3.40. The quantitative estimate of drug-likeness (QED) is 0.574. The van der Waals surface area contributed by atoms with Gasteiger partial charge in [0.1, 0.15) is 5.69 Å². The Morgan fingerprint density at radius 2 is 1.83 bits per heavy atom. The smallest absolute Gasteiger partial charge is 0.282 e. The van der Waals surface area contributed by atoms with Crippen molar-refractivity contribution >= 4 is 11.6 Å². The molecule has 0 aromatic heterocycles. The van der Waals surface area contributed by atoms with Gasteiger partial charge in [-0.3, -0.25) is 9.59 Å². The molecule has 2 aliphatic heterocycles. The first kappa shape index (κ1) is 18.5. The molecule has 1 N–H and O–H groups in total. The Balaban J connectivity index is 1.81.